The summed E-state index contributed by atoms with van der Waals surface area (Å²) in [6, 6.07) is 16.6. The molecule has 142 valence electrons. The predicted molar refractivity (Wildman–Crippen MR) is 103 cm³/mol. The van der Waals surface area contributed by atoms with Crippen LogP contribution in [-0.2, 0) is 4.79 Å². The molecule has 0 saturated carbocycles. The van der Waals surface area contributed by atoms with E-state index in [2.05, 4.69) is 0 Å². The minimum Gasteiger partial charge on any atom is -0.488 e. The molecule has 1 aliphatic heterocycles. The van der Waals surface area contributed by atoms with E-state index in [0.717, 1.165) is 5.56 Å². The standard InChI is InChI=1S/C22H25NO4/c1-22(2,3)27-17-11-9-16(10-12-17)20(24)23-13-18(19(14-23)21(25)26)15-7-5-4-6-8-15/h4-12,18-19H,13-14H2,1-3H3,(H,25,26)/t18-,19-/m0/s1. The van der Waals surface area contributed by atoms with Gasteiger partial charge in [-0.3, -0.25) is 9.59 Å². The Morgan fingerprint density at radius 3 is 2.19 bits per heavy atom. The summed E-state index contributed by atoms with van der Waals surface area (Å²) >= 11 is 0. The first-order chi connectivity index (χ1) is 12.7. The number of benzene rings is 2. The first kappa shape index (κ1) is 19.0. The third kappa shape index (κ3) is 4.48. The summed E-state index contributed by atoms with van der Waals surface area (Å²) in [5.41, 5.74) is 1.18. The molecule has 27 heavy (non-hydrogen) atoms. The molecule has 1 aliphatic rings. The van der Waals surface area contributed by atoms with Crippen LogP contribution < -0.4 is 4.74 Å². The third-order valence-electron chi connectivity index (χ3n) is 4.68. The van der Waals surface area contributed by atoms with E-state index in [1.165, 1.54) is 0 Å². The van der Waals surface area contributed by atoms with Gasteiger partial charge >= 0.3 is 5.97 Å². The van der Waals surface area contributed by atoms with Crippen molar-refractivity contribution in [2.24, 2.45) is 5.92 Å². The van der Waals surface area contributed by atoms with Crippen LogP contribution in [0.15, 0.2) is 54.6 Å². The number of amides is 1. The van der Waals surface area contributed by atoms with E-state index in [1.807, 2.05) is 51.1 Å². The Morgan fingerprint density at radius 2 is 1.63 bits per heavy atom. The first-order valence-corrected chi connectivity index (χ1v) is 9.11. The molecule has 1 N–H and O–H groups in total. The van der Waals surface area contributed by atoms with Crippen LogP contribution in [-0.4, -0.2) is 40.6 Å². The fourth-order valence-corrected chi connectivity index (χ4v) is 3.46. The molecule has 0 aromatic heterocycles. The van der Waals surface area contributed by atoms with Crippen LogP contribution in [0.25, 0.3) is 0 Å². The SMILES string of the molecule is CC(C)(C)Oc1ccc(C(=O)N2C[C@H](C(=O)O)[C@H](c3ccccc3)C2)cc1. The summed E-state index contributed by atoms with van der Waals surface area (Å²) in [6.45, 7) is 6.51. The van der Waals surface area contributed by atoms with Gasteiger partial charge in [0.25, 0.3) is 5.91 Å². The average Bonchev–Trinajstić information content (AvgIpc) is 3.07. The van der Waals surface area contributed by atoms with Crippen molar-refractivity contribution in [3.05, 3.63) is 65.7 Å². The Labute approximate surface area is 159 Å². The van der Waals surface area contributed by atoms with Gasteiger partial charge in [0.2, 0.25) is 0 Å². The molecule has 3 rings (SSSR count). The Kier molecular flexibility index (Phi) is 5.22. The zero-order valence-corrected chi connectivity index (χ0v) is 15.9. The van der Waals surface area contributed by atoms with E-state index in [1.54, 1.807) is 29.2 Å². The van der Waals surface area contributed by atoms with Crippen LogP contribution in [0.5, 0.6) is 5.75 Å². The van der Waals surface area contributed by atoms with Gasteiger partial charge in [0.15, 0.2) is 0 Å². The van der Waals surface area contributed by atoms with Crippen molar-refractivity contribution in [3.8, 4) is 5.75 Å². The van der Waals surface area contributed by atoms with Crippen LogP contribution in [0.1, 0.15) is 42.6 Å². The van der Waals surface area contributed by atoms with E-state index >= 15 is 0 Å². The molecule has 0 aliphatic carbocycles. The second-order valence-corrected chi connectivity index (χ2v) is 7.91. The van der Waals surface area contributed by atoms with Gasteiger partial charge in [-0.2, -0.15) is 0 Å². The molecule has 1 amide bonds. The van der Waals surface area contributed by atoms with Crippen LogP contribution in [0.4, 0.5) is 0 Å². The first-order valence-electron chi connectivity index (χ1n) is 9.11. The predicted octanol–water partition coefficient (Wildman–Crippen LogP) is 3.80. The zero-order valence-electron chi connectivity index (χ0n) is 15.9. The highest BCUT2D eigenvalue weighted by Crippen LogP contribution is 2.33. The highest BCUT2D eigenvalue weighted by molar-refractivity contribution is 5.95. The van der Waals surface area contributed by atoms with Crippen molar-refractivity contribution in [2.75, 3.05) is 13.1 Å². The molecule has 0 radical (unpaired) electrons. The topological polar surface area (TPSA) is 66.8 Å². The van der Waals surface area contributed by atoms with Crippen molar-refractivity contribution in [1.82, 2.24) is 4.90 Å². The van der Waals surface area contributed by atoms with E-state index in [0.29, 0.717) is 17.9 Å². The maximum Gasteiger partial charge on any atom is 0.308 e. The van der Waals surface area contributed by atoms with Gasteiger partial charge in [-0.15, -0.1) is 0 Å². The second kappa shape index (κ2) is 7.43. The summed E-state index contributed by atoms with van der Waals surface area (Å²) < 4.78 is 5.78. The van der Waals surface area contributed by atoms with Gasteiger partial charge in [-0.1, -0.05) is 30.3 Å². The molecule has 0 spiro atoms. The minimum atomic E-state index is -0.868. The molecule has 0 unspecified atom stereocenters. The maximum atomic E-state index is 12.9. The smallest absolute Gasteiger partial charge is 0.308 e. The number of hydrogen-bond acceptors (Lipinski definition) is 3. The van der Waals surface area contributed by atoms with Crippen molar-refractivity contribution >= 4 is 11.9 Å². The Bertz CT molecular complexity index is 808. The lowest BCUT2D eigenvalue weighted by molar-refractivity contribution is -0.141. The lowest BCUT2D eigenvalue weighted by Crippen LogP contribution is -2.30. The fraction of sp³-hybridized carbons (Fsp3) is 0.364. The molecule has 1 saturated heterocycles. The van der Waals surface area contributed by atoms with Crippen LogP contribution in [0.2, 0.25) is 0 Å². The molecule has 0 bridgehead atoms. The van der Waals surface area contributed by atoms with Gasteiger partial charge in [-0.05, 0) is 50.6 Å². The van der Waals surface area contributed by atoms with E-state index in [4.69, 9.17) is 4.74 Å². The Hall–Kier alpha value is -2.82. The number of nitrogens with zero attached hydrogens (tertiary/aromatic N) is 1. The van der Waals surface area contributed by atoms with Crippen molar-refractivity contribution in [3.63, 3.8) is 0 Å². The number of hydrogen-bond donors (Lipinski definition) is 1. The highest BCUT2D eigenvalue weighted by Gasteiger charge is 2.40. The highest BCUT2D eigenvalue weighted by atomic mass is 16.5. The molecule has 2 aromatic rings. The summed E-state index contributed by atoms with van der Waals surface area (Å²) in [5, 5.41) is 9.61. The molecular formula is C22H25NO4. The number of ether oxygens (including phenoxy) is 1. The quantitative estimate of drug-likeness (QED) is 0.892. The van der Waals surface area contributed by atoms with Crippen LogP contribution in [0.3, 0.4) is 0 Å². The largest absolute Gasteiger partial charge is 0.488 e. The van der Waals surface area contributed by atoms with Crippen LogP contribution in [0, 0.1) is 5.92 Å². The molecule has 5 heteroatoms. The number of carbonyl (C=O) groups is 2. The molecule has 1 fully saturated rings. The van der Waals surface area contributed by atoms with Crippen molar-refractivity contribution in [1.29, 1.82) is 0 Å². The number of carboxylic acids is 1. The zero-order chi connectivity index (χ0) is 19.6. The summed E-state index contributed by atoms with van der Waals surface area (Å²) in [6.07, 6.45) is 0. The maximum absolute atomic E-state index is 12.9. The summed E-state index contributed by atoms with van der Waals surface area (Å²) in [7, 11) is 0. The fourth-order valence-electron chi connectivity index (χ4n) is 3.46. The number of rotatable bonds is 4. The normalized spacial score (nSPS) is 19.7. The van der Waals surface area contributed by atoms with Gasteiger partial charge < -0.3 is 14.7 Å². The lowest BCUT2D eigenvalue weighted by Gasteiger charge is -2.21. The molecular weight excluding hydrogens is 342 g/mol. The summed E-state index contributed by atoms with van der Waals surface area (Å²) in [5.74, 6) is -1.11. The summed E-state index contributed by atoms with van der Waals surface area (Å²) in [4.78, 5) is 26.2. The molecule has 2 aromatic carbocycles. The number of aliphatic carboxylic acids is 1. The Morgan fingerprint density at radius 1 is 1.00 bits per heavy atom. The lowest BCUT2D eigenvalue weighted by atomic mass is 9.89. The van der Waals surface area contributed by atoms with E-state index in [9.17, 15) is 14.7 Å². The third-order valence-corrected chi connectivity index (χ3v) is 4.68. The monoisotopic (exact) mass is 367 g/mol. The van der Waals surface area contributed by atoms with Crippen molar-refractivity contribution < 1.29 is 19.4 Å². The number of carboxylic acid groups (broad SMARTS) is 1. The van der Waals surface area contributed by atoms with Gasteiger partial charge in [0, 0.05) is 24.6 Å². The number of carbonyl (C=O) groups excluding carboxylic acids is 1. The number of likely N-dealkylation sites (tertiary alicyclic amines) is 1. The van der Waals surface area contributed by atoms with E-state index in [-0.39, 0.29) is 24.0 Å². The molecule has 5 nitrogen and oxygen atoms in total. The molecule has 2 atom stereocenters. The van der Waals surface area contributed by atoms with Crippen LogP contribution >= 0.6 is 0 Å². The van der Waals surface area contributed by atoms with Gasteiger partial charge in [0.05, 0.1) is 5.92 Å². The minimum absolute atomic E-state index is 0.151. The average molecular weight is 367 g/mol. The Balaban J connectivity index is 1.76. The van der Waals surface area contributed by atoms with E-state index < -0.39 is 11.9 Å². The van der Waals surface area contributed by atoms with Gasteiger partial charge in [0.1, 0.15) is 11.4 Å². The molecule has 1 heterocycles. The second-order valence-electron chi connectivity index (χ2n) is 7.91. The van der Waals surface area contributed by atoms with Crippen molar-refractivity contribution in [2.45, 2.75) is 32.3 Å². The van der Waals surface area contributed by atoms with Gasteiger partial charge in [-0.25, -0.2) is 0 Å².